The fraction of sp³-hybridized carbons (Fsp3) is 0.308. The van der Waals surface area contributed by atoms with Crippen LogP contribution in [-0.2, 0) is 13.1 Å². The lowest BCUT2D eigenvalue weighted by molar-refractivity contribution is 0.505. The molecule has 0 radical (unpaired) electrons. The van der Waals surface area contributed by atoms with Gasteiger partial charge in [0.05, 0.1) is 12.2 Å². The molecule has 0 saturated carbocycles. The molecule has 1 aliphatic rings. The van der Waals surface area contributed by atoms with Gasteiger partial charge < -0.3 is 9.88 Å². The lowest BCUT2D eigenvalue weighted by Gasteiger charge is -2.13. The molecular weight excluding hydrogens is 198 g/mol. The SMILES string of the molecule is Cc1ccc(-c2cn3c(n2)CNCC3)cc1. The zero-order valence-corrected chi connectivity index (χ0v) is 9.40. The fourth-order valence-corrected chi connectivity index (χ4v) is 2.05. The summed E-state index contributed by atoms with van der Waals surface area (Å²) in [5.41, 5.74) is 3.57. The first kappa shape index (κ1) is 9.60. The Bertz CT molecular complexity index is 473. The van der Waals surface area contributed by atoms with Gasteiger partial charge >= 0.3 is 0 Å². The van der Waals surface area contributed by atoms with E-state index >= 15 is 0 Å². The standard InChI is InChI=1S/C13H15N3/c1-10-2-4-11(5-3-10)12-9-16-7-6-14-8-13(16)15-12/h2-5,9,14H,6-8H2,1H3. The van der Waals surface area contributed by atoms with Gasteiger partial charge in [-0.15, -0.1) is 0 Å². The van der Waals surface area contributed by atoms with E-state index in [4.69, 9.17) is 0 Å². The van der Waals surface area contributed by atoms with E-state index in [1.54, 1.807) is 0 Å². The molecule has 1 N–H and O–H groups in total. The number of imidazole rings is 1. The highest BCUT2D eigenvalue weighted by atomic mass is 15.1. The van der Waals surface area contributed by atoms with Crippen LogP contribution in [0.25, 0.3) is 11.3 Å². The molecule has 1 aromatic carbocycles. The number of aromatic nitrogens is 2. The molecule has 2 aromatic rings. The molecule has 16 heavy (non-hydrogen) atoms. The molecular formula is C13H15N3. The highest BCUT2D eigenvalue weighted by molar-refractivity contribution is 5.59. The molecule has 0 aliphatic carbocycles. The molecule has 2 heterocycles. The third-order valence-electron chi connectivity index (χ3n) is 3.02. The zero-order chi connectivity index (χ0) is 11.0. The van der Waals surface area contributed by atoms with Crippen LogP contribution in [0.1, 0.15) is 11.4 Å². The summed E-state index contributed by atoms with van der Waals surface area (Å²) in [6.45, 7) is 5.04. The molecule has 0 fully saturated rings. The Morgan fingerprint density at radius 2 is 2.06 bits per heavy atom. The first-order valence-corrected chi connectivity index (χ1v) is 5.67. The summed E-state index contributed by atoms with van der Waals surface area (Å²) in [6.07, 6.45) is 2.15. The van der Waals surface area contributed by atoms with Gasteiger partial charge in [0.1, 0.15) is 5.82 Å². The van der Waals surface area contributed by atoms with Gasteiger partial charge in [0.2, 0.25) is 0 Å². The molecule has 0 bridgehead atoms. The smallest absolute Gasteiger partial charge is 0.123 e. The molecule has 1 aromatic heterocycles. The van der Waals surface area contributed by atoms with Crippen LogP contribution in [0.5, 0.6) is 0 Å². The predicted octanol–water partition coefficient (Wildman–Crippen LogP) is 1.96. The molecule has 82 valence electrons. The number of nitrogens with zero attached hydrogens (tertiary/aromatic N) is 2. The second-order valence-electron chi connectivity index (χ2n) is 4.28. The van der Waals surface area contributed by atoms with E-state index in [0.29, 0.717) is 0 Å². The van der Waals surface area contributed by atoms with Crippen molar-refractivity contribution in [3.8, 4) is 11.3 Å². The molecule has 1 aliphatic heterocycles. The monoisotopic (exact) mass is 213 g/mol. The van der Waals surface area contributed by atoms with Crippen molar-refractivity contribution in [3.63, 3.8) is 0 Å². The summed E-state index contributed by atoms with van der Waals surface area (Å²) >= 11 is 0. The minimum atomic E-state index is 0.881. The van der Waals surface area contributed by atoms with Crippen LogP contribution in [0, 0.1) is 6.92 Å². The van der Waals surface area contributed by atoms with Crippen LogP contribution in [0.4, 0.5) is 0 Å². The normalized spacial score (nSPS) is 14.8. The van der Waals surface area contributed by atoms with Crippen molar-refractivity contribution >= 4 is 0 Å². The topological polar surface area (TPSA) is 29.9 Å². The summed E-state index contributed by atoms with van der Waals surface area (Å²) < 4.78 is 2.24. The quantitative estimate of drug-likeness (QED) is 0.784. The van der Waals surface area contributed by atoms with E-state index < -0.39 is 0 Å². The van der Waals surface area contributed by atoms with Crippen molar-refractivity contribution in [1.29, 1.82) is 0 Å². The van der Waals surface area contributed by atoms with Crippen molar-refractivity contribution in [2.24, 2.45) is 0 Å². The Morgan fingerprint density at radius 3 is 2.81 bits per heavy atom. The van der Waals surface area contributed by atoms with Crippen LogP contribution in [0.2, 0.25) is 0 Å². The van der Waals surface area contributed by atoms with Gasteiger partial charge in [-0.25, -0.2) is 4.98 Å². The van der Waals surface area contributed by atoms with Crippen LogP contribution in [0.15, 0.2) is 30.5 Å². The maximum Gasteiger partial charge on any atom is 0.123 e. The second kappa shape index (κ2) is 3.76. The highest BCUT2D eigenvalue weighted by Crippen LogP contribution is 2.20. The minimum Gasteiger partial charge on any atom is -0.332 e. The molecule has 3 heteroatoms. The molecule has 3 rings (SSSR count). The molecule has 0 saturated heterocycles. The Hall–Kier alpha value is -1.61. The van der Waals surface area contributed by atoms with Gasteiger partial charge in [0.15, 0.2) is 0 Å². The number of benzene rings is 1. The van der Waals surface area contributed by atoms with Crippen molar-refractivity contribution in [2.75, 3.05) is 6.54 Å². The summed E-state index contributed by atoms with van der Waals surface area (Å²) in [4.78, 5) is 4.65. The third-order valence-corrected chi connectivity index (χ3v) is 3.02. The number of rotatable bonds is 1. The number of aryl methyl sites for hydroxylation is 1. The summed E-state index contributed by atoms with van der Waals surface area (Å²) in [5, 5.41) is 3.33. The number of hydrogen-bond acceptors (Lipinski definition) is 2. The van der Waals surface area contributed by atoms with E-state index in [1.165, 1.54) is 11.1 Å². The Morgan fingerprint density at radius 1 is 1.25 bits per heavy atom. The van der Waals surface area contributed by atoms with Crippen molar-refractivity contribution in [3.05, 3.63) is 41.9 Å². The molecule has 0 spiro atoms. The second-order valence-corrected chi connectivity index (χ2v) is 4.28. The van der Waals surface area contributed by atoms with Gasteiger partial charge in [0, 0.05) is 24.8 Å². The molecule has 0 unspecified atom stereocenters. The van der Waals surface area contributed by atoms with E-state index in [2.05, 4.69) is 52.3 Å². The van der Waals surface area contributed by atoms with Crippen LogP contribution >= 0.6 is 0 Å². The van der Waals surface area contributed by atoms with E-state index in [1.807, 2.05) is 0 Å². The van der Waals surface area contributed by atoms with Crippen molar-refractivity contribution in [2.45, 2.75) is 20.0 Å². The average Bonchev–Trinajstić information content (AvgIpc) is 2.73. The average molecular weight is 213 g/mol. The highest BCUT2D eigenvalue weighted by Gasteiger charge is 2.12. The maximum absolute atomic E-state index is 4.65. The van der Waals surface area contributed by atoms with Crippen LogP contribution in [-0.4, -0.2) is 16.1 Å². The summed E-state index contributed by atoms with van der Waals surface area (Å²) in [7, 11) is 0. The Balaban J connectivity index is 2.00. The van der Waals surface area contributed by atoms with E-state index in [9.17, 15) is 0 Å². The first-order chi connectivity index (χ1) is 7.83. The fourth-order valence-electron chi connectivity index (χ4n) is 2.05. The van der Waals surface area contributed by atoms with Crippen LogP contribution in [0.3, 0.4) is 0 Å². The number of hydrogen-bond donors (Lipinski definition) is 1. The largest absolute Gasteiger partial charge is 0.332 e. The Labute approximate surface area is 95.1 Å². The van der Waals surface area contributed by atoms with E-state index in [0.717, 1.165) is 31.2 Å². The van der Waals surface area contributed by atoms with Gasteiger partial charge in [0.25, 0.3) is 0 Å². The van der Waals surface area contributed by atoms with E-state index in [-0.39, 0.29) is 0 Å². The maximum atomic E-state index is 4.65. The van der Waals surface area contributed by atoms with Gasteiger partial charge in [-0.1, -0.05) is 29.8 Å². The van der Waals surface area contributed by atoms with Gasteiger partial charge in [-0.3, -0.25) is 0 Å². The molecule has 3 nitrogen and oxygen atoms in total. The predicted molar refractivity (Wildman–Crippen MR) is 64.1 cm³/mol. The van der Waals surface area contributed by atoms with Crippen molar-refractivity contribution < 1.29 is 0 Å². The first-order valence-electron chi connectivity index (χ1n) is 5.67. The lowest BCUT2D eigenvalue weighted by Crippen LogP contribution is -2.27. The summed E-state index contributed by atoms with van der Waals surface area (Å²) in [6, 6.07) is 8.53. The number of fused-ring (bicyclic) bond motifs is 1. The zero-order valence-electron chi connectivity index (χ0n) is 9.40. The minimum absolute atomic E-state index is 0.881. The molecule has 0 amide bonds. The summed E-state index contributed by atoms with van der Waals surface area (Å²) in [5.74, 6) is 1.14. The number of nitrogens with one attached hydrogen (secondary N) is 1. The Kier molecular flexibility index (Phi) is 2.26. The van der Waals surface area contributed by atoms with Crippen molar-refractivity contribution in [1.82, 2.24) is 14.9 Å². The third kappa shape index (κ3) is 1.63. The lowest BCUT2D eigenvalue weighted by atomic mass is 10.1. The van der Waals surface area contributed by atoms with Gasteiger partial charge in [-0.2, -0.15) is 0 Å². The van der Waals surface area contributed by atoms with Crippen LogP contribution < -0.4 is 5.32 Å². The van der Waals surface area contributed by atoms with Gasteiger partial charge in [-0.05, 0) is 6.92 Å². The molecule has 0 atom stereocenters.